The maximum Gasteiger partial charge on any atom is 0.273 e. The fraction of sp³-hybridized carbons (Fsp3) is 0.375. The van der Waals surface area contributed by atoms with Crippen LogP contribution in [0.1, 0.15) is 37.2 Å². The van der Waals surface area contributed by atoms with Crippen LogP contribution in [0.25, 0.3) is 10.6 Å². The maximum absolute atomic E-state index is 12.5. The minimum Gasteiger partial charge on any atom is -0.337 e. The van der Waals surface area contributed by atoms with Gasteiger partial charge in [0.25, 0.3) is 5.91 Å². The normalized spacial score (nSPS) is 10.7. The molecule has 0 spiro atoms. The van der Waals surface area contributed by atoms with Crippen LogP contribution in [0.5, 0.6) is 0 Å². The van der Waals surface area contributed by atoms with Gasteiger partial charge in [0.2, 0.25) is 0 Å². The predicted molar refractivity (Wildman–Crippen MR) is 94.1 cm³/mol. The third-order valence-electron chi connectivity index (χ3n) is 3.16. The van der Waals surface area contributed by atoms with Crippen LogP contribution in [0.3, 0.4) is 0 Å². The Kier molecular flexibility index (Phi) is 6.24. The molecule has 1 heterocycles. The molecule has 0 saturated heterocycles. The molecule has 118 valence electrons. The van der Waals surface area contributed by atoms with Gasteiger partial charge >= 0.3 is 0 Å². The molecule has 0 atom stereocenters. The number of benzene rings is 1. The lowest BCUT2D eigenvalue weighted by Gasteiger charge is -2.20. The number of thiazole rings is 1. The fourth-order valence-electron chi connectivity index (χ4n) is 2.15. The molecule has 3 nitrogen and oxygen atoms in total. The summed E-state index contributed by atoms with van der Waals surface area (Å²) >= 11 is 13.4. The van der Waals surface area contributed by atoms with Gasteiger partial charge in [-0.3, -0.25) is 4.79 Å². The molecule has 22 heavy (non-hydrogen) atoms. The molecule has 0 N–H and O–H groups in total. The Labute approximate surface area is 144 Å². The predicted octanol–water partition coefficient (Wildman–Crippen LogP) is 5.38. The fourth-order valence-corrected chi connectivity index (χ4v) is 3.24. The molecule has 0 unspecified atom stereocenters. The second kappa shape index (κ2) is 7.95. The molecular formula is C16H18Cl2N2OS. The standard InChI is InChI=1S/C16H18Cl2N2OS/c1-3-7-20(8-4-2)16(21)14-10-22-15(19-14)11-5-6-12(17)13(18)9-11/h5-6,9-10H,3-4,7-8H2,1-2H3. The molecule has 2 rings (SSSR count). The van der Waals surface area contributed by atoms with Crippen molar-refractivity contribution in [2.45, 2.75) is 26.7 Å². The minimum atomic E-state index is -0.00809. The largest absolute Gasteiger partial charge is 0.337 e. The van der Waals surface area contributed by atoms with E-state index in [1.54, 1.807) is 17.5 Å². The molecule has 0 fully saturated rings. The number of hydrogen-bond donors (Lipinski definition) is 0. The van der Waals surface area contributed by atoms with E-state index in [2.05, 4.69) is 18.8 Å². The average molecular weight is 357 g/mol. The van der Waals surface area contributed by atoms with E-state index in [0.29, 0.717) is 15.7 Å². The van der Waals surface area contributed by atoms with Crippen molar-refractivity contribution in [3.05, 3.63) is 39.3 Å². The van der Waals surface area contributed by atoms with Gasteiger partial charge in [-0.1, -0.05) is 43.1 Å². The number of amides is 1. The monoisotopic (exact) mass is 356 g/mol. The van der Waals surface area contributed by atoms with E-state index in [-0.39, 0.29) is 5.91 Å². The SMILES string of the molecule is CCCN(CCC)C(=O)c1csc(-c2ccc(Cl)c(Cl)c2)n1. The summed E-state index contributed by atoms with van der Waals surface area (Å²) in [7, 11) is 0. The Morgan fingerprint density at radius 3 is 2.45 bits per heavy atom. The number of nitrogens with zero attached hydrogens (tertiary/aromatic N) is 2. The van der Waals surface area contributed by atoms with E-state index in [4.69, 9.17) is 23.2 Å². The van der Waals surface area contributed by atoms with Crippen LogP contribution in [-0.4, -0.2) is 28.9 Å². The lowest BCUT2D eigenvalue weighted by molar-refractivity contribution is 0.0750. The number of carbonyl (C=O) groups excluding carboxylic acids is 1. The highest BCUT2D eigenvalue weighted by atomic mass is 35.5. The maximum atomic E-state index is 12.5. The zero-order valence-electron chi connectivity index (χ0n) is 12.6. The zero-order chi connectivity index (χ0) is 16.1. The molecule has 2 aromatic rings. The first kappa shape index (κ1) is 17.3. The molecular weight excluding hydrogens is 339 g/mol. The topological polar surface area (TPSA) is 33.2 Å². The van der Waals surface area contributed by atoms with Gasteiger partial charge in [0.1, 0.15) is 10.7 Å². The van der Waals surface area contributed by atoms with Crippen LogP contribution in [0.15, 0.2) is 23.6 Å². The van der Waals surface area contributed by atoms with E-state index in [0.717, 1.165) is 36.5 Å². The third-order valence-corrected chi connectivity index (χ3v) is 4.79. The van der Waals surface area contributed by atoms with Gasteiger partial charge in [0.05, 0.1) is 10.0 Å². The first-order valence-corrected chi connectivity index (χ1v) is 8.90. The van der Waals surface area contributed by atoms with Crippen LogP contribution < -0.4 is 0 Å². The first-order valence-electron chi connectivity index (χ1n) is 7.27. The van der Waals surface area contributed by atoms with Crippen LogP contribution in [0, 0.1) is 0 Å². The molecule has 1 aromatic heterocycles. The summed E-state index contributed by atoms with van der Waals surface area (Å²) in [6, 6.07) is 5.37. The van der Waals surface area contributed by atoms with Crippen LogP contribution >= 0.6 is 34.5 Å². The van der Waals surface area contributed by atoms with Crippen molar-refractivity contribution in [3.8, 4) is 10.6 Å². The molecule has 0 aliphatic carbocycles. The molecule has 0 aliphatic rings. The summed E-state index contributed by atoms with van der Waals surface area (Å²) in [6.45, 7) is 5.65. The molecule has 1 amide bonds. The lowest BCUT2D eigenvalue weighted by atomic mass is 10.2. The van der Waals surface area contributed by atoms with E-state index in [9.17, 15) is 4.79 Å². The van der Waals surface area contributed by atoms with Gasteiger partial charge in [-0.15, -0.1) is 11.3 Å². The Hall–Kier alpha value is -1.10. The molecule has 0 saturated carbocycles. The van der Waals surface area contributed by atoms with Gasteiger partial charge in [0.15, 0.2) is 0 Å². The Balaban J connectivity index is 2.22. The van der Waals surface area contributed by atoms with Crippen molar-refractivity contribution >= 4 is 40.4 Å². The number of hydrogen-bond acceptors (Lipinski definition) is 3. The Morgan fingerprint density at radius 1 is 1.18 bits per heavy atom. The highest BCUT2D eigenvalue weighted by Gasteiger charge is 2.18. The van der Waals surface area contributed by atoms with Crippen molar-refractivity contribution in [1.29, 1.82) is 0 Å². The summed E-state index contributed by atoms with van der Waals surface area (Å²) in [4.78, 5) is 18.8. The first-order chi connectivity index (χ1) is 10.6. The number of halogens is 2. The quantitative estimate of drug-likeness (QED) is 0.695. The van der Waals surface area contributed by atoms with Crippen LogP contribution in [-0.2, 0) is 0 Å². The Morgan fingerprint density at radius 2 is 1.86 bits per heavy atom. The smallest absolute Gasteiger partial charge is 0.273 e. The lowest BCUT2D eigenvalue weighted by Crippen LogP contribution is -2.32. The van der Waals surface area contributed by atoms with E-state index in [1.807, 2.05) is 11.0 Å². The van der Waals surface area contributed by atoms with E-state index < -0.39 is 0 Å². The average Bonchev–Trinajstić information content (AvgIpc) is 2.99. The molecule has 0 radical (unpaired) electrons. The summed E-state index contributed by atoms with van der Waals surface area (Å²) in [5.41, 5.74) is 1.36. The number of rotatable bonds is 6. The summed E-state index contributed by atoms with van der Waals surface area (Å²) < 4.78 is 0. The van der Waals surface area contributed by atoms with E-state index >= 15 is 0 Å². The highest BCUT2D eigenvalue weighted by molar-refractivity contribution is 7.13. The minimum absolute atomic E-state index is 0.00809. The van der Waals surface area contributed by atoms with Crippen molar-refractivity contribution in [3.63, 3.8) is 0 Å². The third kappa shape index (κ3) is 4.00. The molecule has 6 heteroatoms. The van der Waals surface area contributed by atoms with Crippen molar-refractivity contribution in [2.24, 2.45) is 0 Å². The number of aromatic nitrogens is 1. The van der Waals surface area contributed by atoms with Crippen molar-refractivity contribution < 1.29 is 4.79 Å². The van der Waals surface area contributed by atoms with Crippen LogP contribution in [0.2, 0.25) is 10.0 Å². The highest BCUT2D eigenvalue weighted by Crippen LogP contribution is 2.30. The molecule has 0 aliphatic heterocycles. The van der Waals surface area contributed by atoms with Crippen molar-refractivity contribution in [2.75, 3.05) is 13.1 Å². The van der Waals surface area contributed by atoms with Crippen molar-refractivity contribution in [1.82, 2.24) is 9.88 Å². The second-order valence-electron chi connectivity index (χ2n) is 4.96. The molecule has 1 aromatic carbocycles. The Bertz CT molecular complexity index is 651. The zero-order valence-corrected chi connectivity index (χ0v) is 14.9. The summed E-state index contributed by atoms with van der Waals surface area (Å²) in [5, 5.41) is 3.57. The van der Waals surface area contributed by atoms with Gasteiger partial charge in [-0.2, -0.15) is 0 Å². The van der Waals surface area contributed by atoms with Gasteiger partial charge in [0, 0.05) is 24.0 Å². The van der Waals surface area contributed by atoms with Gasteiger partial charge in [-0.05, 0) is 25.0 Å². The van der Waals surface area contributed by atoms with Crippen LogP contribution in [0.4, 0.5) is 0 Å². The summed E-state index contributed by atoms with van der Waals surface area (Å²) in [6.07, 6.45) is 1.88. The van der Waals surface area contributed by atoms with E-state index in [1.165, 1.54) is 11.3 Å². The summed E-state index contributed by atoms with van der Waals surface area (Å²) in [5.74, 6) is -0.00809. The molecule has 0 bridgehead atoms. The number of carbonyl (C=O) groups is 1. The second-order valence-corrected chi connectivity index (χ2v) is 6.63. The van der Waals surface area contributed by atoms with Gasteiger partial charge in [-0.25, -0.2) is 4.98 Å². The van der Waals surface area contributed by atoms with Gasteiger partial charge < -0.3 is 4.90 Å².